The van der Waals surface area contributed by atoms with Crippen molar-refractivity contribution in [3.8, 4) is 17.2 Å². The summed E-state index contributed by atoms with van der Waals surface area (Å²) >= 11 is 0. The molecule has 0 aromatic heterocycles. The lowest BCUT2D eigenvalue weighted by atomic mass is 10.3. The first-order valence-electron chi connectivity index (χ1n) is 9.60. The quantitative estimate of drug-likeness (QED) is 0.414. The van der Waals surface area contributed by atoms with Crippen molar-refractivity contribution in [1.82, 2.24) is 0 Å². The number of benzene rings is 4. The Bertz CT molecular complexity index is 1430. The van der Waals surface area contributed by atoms with Crippen molar-refractivity contribution in [3.63, 3.8) is 0 Å². The second kappa shape index (κ2) is 8.68. The van der Waals surface area contributed by atoms with Gasteiger partial charge in [0.15, 0.2) is 0 Å². The molecule has 0 bridgehead atoms. The first-order chi connectivity index (χ1) is 15.7. The van der Waals surface area contributed by atoms with Crippen molar-refractivity contribution in [2.24, 2.45) is 0 Å². The molecule has 0 unspecified atom stereocenters. The predicted octanol–water partition coefficient (Wildman–Crippen LogP) is 4.99. The number of ether oxygens (including phenoxy) is 1. The van der Waals surface area contributed by atoms with Gasteiger partial charge >= 0.3 is 0 Å². The van der Waals surface area contributed by atoms with Crippen LogP contribution in [0.4, 0.5) is 4.39 Å². The molecule has 0 amide bonds. The zero-order chi connectivity index (χ0) is 23.6. The van der Waals surface area contributed by atoms with Gasteiger partial charge in [-0.05, 0) is 60.7 Å². The summed E-state index contributed by atoms with van der Waals surface area (Å²) in [5.74, 6) is -1.17. The predicted molar refractivity (Wildman–Crippen MR) is 118 cm³/mol. The summed E-state index contributed by atoms with van der Waals surface area (Å²) in [5.41, 5.74) is 0. The van der Waals surface area contributed by atoms with Gasteiger partial charge in [-0.15, -0.1) is 0 Å². The minimum Gasteiger partial charge on any atom is -0.508 e. The van der Waals surface area contributed by atoms with Gasteiger partial charge in [0.05, 0.1) is 9.79 Å². The third-order valence-electron chi connectivity index (χ3n) is 4.73. The lowest BCUT2D eigenvalue weighted by molar-refractivity contribution is 0.453. The Morgan fingerprint density at radius 3 is 1.61 bits per heavy atom. The second-order valence-corrected chi connectivity index (χ2v) is 10.8. The summed E-state index contributed by atoms with van der Waals surface area (Å²) in [6.07, 6.45) is 0. The lowest BCUT2D eigenvalue weighted by Gasteiger charge is -2.15. The molecule has 0 aliphatic heterocycles. The van der Waals surface area contributed by atoms with E-state index in [9.17, 15) is 26.3 Å². The highest BCUT2D eigenvalue weighted by Crippen LogP contribution is 2.37. The number of phenols is 1. The van der Waals surface area contributed by atoms with Crippen LogP contribution in [0.2, 0.25) is 0 Å². The van der Waals surface area contributed by atoms with E-state index in [1.54, 1.807) is 6.07 Å². The molecule has 0 saturated carbocycles. The summed E-state index contributed by atoms with van der Waals surface area (Å²) in [5, 5.41) is 9.69. The Kier molecular flexibility index (Phi) is 5.92. The van der Waals surface area contributed by atoms with Gasteiger partial charge in [-0.3, -0.25) is 0 Å². The Morgan fingerprint density at radius 1 is 0.606 bits per heavy atom. The smallest absolute Gasteiger partial charge is 0.210 e. The molecule has 9 heteroatoms. The first kappa shape index (κ1) is 22.5. The van der Waals surface area contributed by atoms with Crippen LogP contribution in [0.1, 0.15) is 0 Å². The molecule has 0 aliphatic rings. The maximum Gasteiger partial charge on any atom is 0.210 e. The van der Waals surface area contributed by atoms with Crippen LogP contribution >= 0.6 is 0 Å². The third kappa shape index (κ3) is 4.46. The summed E-state index contributed by atoms with van der Waals surface area (Å²) in [6, 6.07) is 21.2. The normalized spacial score (nSPS) is 11.8. The number of hydrogen-bond acceptors (Lipinski definition) is 6. The Labute approximate surface area is 190 Å². The Morgan fingerprint density at radius 2 is 1.09 bits per heavy atom. The largest absolute Gasteiger partial charge is 0.508 e. The van der Waals surface area contributed by atoms with Gasteiger partial charge in [0.25, 0.3) is 0 Å². The molecule has 0 heterocycles. The highest BCUT2D eigenvalue weighted by molar-refractivity contribution is 7.92. The molecule has 4 aromatic rings. The topological polar surface area (TPSA) is 97.7 Å². The highest BCUT2D eigenvalue weighted by atomic mass is 32.2. The maximum atomic E-state index is 13.7. The number of halogens is 1. The first-order valence-corrected chi connectivity index (χ1v) is 12.6. The lowest BCUT2D eigenvalue weighted by Crippen LogP contribution is -2.07. The molecule has 33 heavy (non-hydrogen) atoms. The van der Waals surface area contributed by atoms with Crippen LogP contribution in [0.3, 0.4) is 0 Å². The molecular weight excluding hydrogens is 467 g/mol. The van der Waals surface area contributed by atoms with E-state index >= 15 is 0 Å². The summed E-state index contributed by atoms with van der Waals surface area (Å²) < 4.78 is 72.1. The minimum absolute atomic E-state index is 0.109. The molecule has 0 spiro atoms. The highest BCUT2D eigenvalue weighted by Gasteiger charge is 2.26. The van der Waals surface area contributed by atoms with Gasteiger partial charge < -0.3 is 9.84 Å². The van der Waals surface area contributed by atoms with Crippen molar-refractivity contribution in [2.75, 3.05) is 0 Å². The fraction of sp³-hybridized carbons (Fsp3) is 0. The van der Waals surface area contributed by atoms with E-state index in [-0.39, 0.29) is 36.8 Å². The number of para-hydroxylation sites is 2. The van der Waals surface area contributed by atoms with E-state index < -0.39 is 25.5 Å². The van der Waals surface area contributed by atoms with Crippen LogP contribution in [0.15, 0.2) is 117 Å². The molecule has 0 radical (unpaired) electrons. The molecule has 0 atom stereocenters. The second-order valence-electron chi connectivity index (χ2n) is 6.96. The van der Waals surface area contributed by atoms with Crippen molar-refractivity contribution in [1.29, 1.82) is 0 Å². The van der Waals surface area contributed by atoms with Crippen LogP contribution in [0.5, 0.6) is 17.2 Å². The number of rotatable bonds is 6. The molecular formula is C24H17FO6S2. The zero-order valence-corrected chi connectivity index (χ0v) is 18.6. The van der Waals surface area contributed by atoms with Gasteiger partial charge in [0.2, 0.25) is 19.7 Å². The average Bonchev–Trinajstić information content (AvgIpc) is 2.79. The standard InChI is InChI=1S/C24H17FO6S2/c25-17-7-5-9-19(15-17)32(27,28)23-13-3-1-11-21(23)31-22-12-2-4-14-24(22)33(29,30)20-10-6-8-18(26)16-20/h1-16,26H. The van der Waals surface area contributed by atoms with E-state index in [0.29, 0.717) is 0 Å². The average molecular weight is 485 g/mol. The molecule has 168 valence electrons. The van der Waals surface area contributed by atoms with E-state index in [4.69, 9.17) is 4.74 Å². The molecule has 1 N–H and O–H groups in total. The Balaban J connectivity index is 1.81. The molecule has 4 rings (SSSR count). The molecule has 0 fully saturated rings. The third-order valence-corrected chi connectivity index (χ3v) is 8.31. The summed E-state index contributed by atoms with van der Waals surface area (Å²) in [4.78, 5) is -0.882. The van der Waals surface area contributed by atoms with Crippen LogP contribution in [-0.2, 0) is 19.7 Å². The Hall–Kier alpha value is -3.69. The van der Waals surface area contributed by atoms with Gasteiger partial charge in [0, 0.05) is 0 Å². The van der Waals surface area contributed by atoms with Crippen molar-refractivity contribution in [2.45, 2.75) is 19.6 Å². The van der Waals surface area contributed by atoms with E-state index in [0.717, 1.165) is 18.2 Å². The molecule has 0 aliphatic carbocycles. The van der Waals surface area contributed by atoms with Gasteiger partial charge in [0.1, 0.15) is 32.9 Å². The molecule has 6 nitrogen and oxygen atoms in total. The van der Waals surface area contributed by atoms with E-state index in [1.165, 1.54) is 72.8 Å². The van der Waals surface area contributed by atoms with Crippen molar-refractivity contribution in [3.05, 3.63) is 103 Å². The van der Waals surface area contributed by atoms with Crippen LogP contribution < -0.4 is 4.74 Å². The van der Waals surface area contributed by atoms with Crippen molar-refractivity contribution >= 4 is 19.7 Å². The monoisotopic (exact) mass is 484 g/mol. The number of aromatic hydroxyl groups is 1. The fourth-order valence-corrected chi connectivity index (χ4v) is 6.00. The van der Waals surface area contributed by atoms with E-state index in [1.807, 2.05) is 0 Å². The molecule has 4 aromatic carbocycles. The zero-order valence-electron chi connectivity index (χ0n) is 16.9. The number of hydrogen-bond donors (Lipinski definition) is 1. The van der Waals surface area contributed by atoms with Gasteiger partial charge in [-0.25, -0.2) is 21.2 Å². The van der Waals surface area contributed by atoms with Gasteiger partial charge in [-0.1, -0.05) is 36.4 Å². The van der Waals surface area contributed by atoms with Crippen LogP contribution in [0.25, 0.3) is 0 Å². The fourth-order valence-electron chi connectivity index (χ4n) is 3.17. The van der Waals surface area contributed by atoms with Crippen LogP contribution in [-0.4, -0.2) is 21.9 Å². The molecule has 0 saturated heterocycles. The van der Waals surface area contributed by atoms with Gasteiger partial charge in [-0.2, -0.15) is 0 Å². The summed E-state index contributed by atoms with van der Waals surface area (Å²) in [7, 11) is -8.27. The maximum absolute atomic E-state index is 13.7. The minimum atomic E-state index is -4.17. The number of sulfone groups is 2. The SMILES string of the molecule is O=S(=O)(c1cccc(O)c1)c1ccccc1Oc1ccccc1S(=O)(=O)c1cccc(F)c1. The number of phenolic OH excluding ortho intramolecular Hbond substituents is 1. The van der Waals surface area contributed by atoms with E-state index in [2.05, 4.69) is 0 Å². The van der Waals surface area contributed by atoms with Crippen LogP contribution in [0, 0.1) is 5.82 Å². The summed E-state index contributed by atoms with van der Waals surface area (Å²) in [6.45, 7) is 0. The van der Waals surface area contributed by atoms with Crippen molar-refractivity contribution < 1.29 is 31.1 Å².